The van der Waals surface area contributed by atoms with Gasteiger partial charge in [-0.3, -0.25) is 9.59 Å². The lowest BCUT2D eigenvalue weighted by Crippen LogP contribution is -2.45. The van der Waals surface area contributed by atoms with E-state index in [1.54, 1.807) is 23.6 Å². The van der Waals surface area contributed by atoms with Crippen LogP contribution in [0.5, 0.6) is 0 Å². The van der Waals surface area contributed by atoms with Crippen molar-refractivity contribution in [2.45, 2.75) is 94.3 Å². The predicted molar refractivity (Wildman–Crippen MR) is 127 cm³/mol. The zero-order valence-electron chi connectivity index (χ0n) is 21.8. The summed E-state index contributed by atoms with van der Waals surface area (Å²) in [6.45, 7) is 21.5. The van der Waals surface area contributed by atoms with Gasteiger partial charge in [0.2, 0.25) is 11.8 Å². The molecule has 2 unspecified atom stereocenters. The summed E-state index contributed by atoms with van der Waals surface area (Å²) in [6.07, 6.45) is 0.105. The molecule has 0 rings (SSSR count). The standard InChI is InChI=1S/C22H44N2O5.C2H6/c1-9-10-20(28)24(12-18(3)26)14-22(7,8)16-29-15-21(5,6)13-23(19(4)27)11-17(2)25;1-2/h17-18,25-26H,9-16H2,1-8H3;1-2H3. The molecular weight excluding hydrogens is 396 g/mol. The van der Waals surface area contributed by atoms with Crippen molar-refractivity contribution < 1.29 is 24.5 Å². The van der Waals surface area contributed by atoms with Crippen LogP contribution in [0.25, 0.3) is 0 Å². The molecule has 0 saturated heterocycles. The monoisotopic (exact) mass is 446 g/mol. The molecule has 0 aromatic carbocycles. The number of ether oxygens (including phenoxy) is 1. The predicted octanol–water partition coefficient (Wildman–Crippen LogP) is 3.32. The number of amides is 2. The van der Waals surface area contributed by atoms with E-state index in [-0.39, 0.29) is 22.6 Å². The second-order valence-electron chi connectivity index (χ2n) is 9.94. The lowest BCUT2D eigenvalue weighted by molar-refractivity contribution is -0.135. The molecule has 0 aromatic rings. The van der Waals surface area contributed by atoms with Crippen LogP contribution in [0.1, 0.15) is 82.1 Å². The fourth-order valence-electron chi connectivity index (χ4n) is 3.30. The summed E-state index contributed by atoms with van der Waals surface area (Å²) in [5.74, 6) is -0.0143. The van der Waals surface area contributed by atoms with E-state index in [1.165, 1.54) is 6.92 Å². The van der Waals surface area contributed by atoms with Gasteiger partial charge in [-0.2, -0.15) is 0 Å². The Hall–Kier alpha value is -1.18. The first-order chi connectivity index (χ1) is 14.2. The molecule has 0 aromatic heterocycles. The Morgan fingerprint density at radius 1 is 0.871 bits per heavy atom. The Kier molecular flexibility index (Phi) is 16.1. The molecule has 7 nitrogen and oxygen atoms in total. The third kappa shape index (κ3) is 16.2. The van der Waals surface area contributed by atoms with Crippen LogP contribution in [0, 0.1) is 10.8 Å². The van der Waals surface area contributed by atoms with Gasteiger partial charge in [0.25, 0.3) is 0 Å². The van der Waals surface area contributed by atoms with Gasteiger partial charge in [0.1, 0.15) is 0 Å². The molecule has 0 heterocycles. The summed E-state index contributed by atoms with van der Waals surface area (Å²) in [7, 11) is 0. The van der Waals surface area contributed by atoms with Crippen LogP contribution >= 0.6 is 0 Å². The van der Waals surface area contributed by atoms with Gasteiger partial charge in [-0.05, 0) is 20.3 Å². The van der Waals surface area contributed by atoms with Gasteiger partial charge in [0, 0.05) is 50.4 Å². The number of aliphatic hydroxyl groups is 2. The van der Waals surface area contributed by atoms with Crippen LogP contribution in [-0.2, 0) is 14.3 Å². The maximum Gasteiger partial charge on any atom is 0.222 e. The minimum absolute atomic E-state index is 0.0528. The Labute approximate surface area is 191 Å². The molecule has 0 aliphatic heterocycles. The van der Waals surface area contributed by atoms with Crippen molar-refractivity contribution in [3.63, 3.8) is 0 Å². The second kappa shape index (κ2) is 15.6. The summed E-state index contributed by atoms with van der Waals surface area (Å²) < 4.78 is 5.99. The Balaban J connectivity index is 0. The number of carbonyl (C=O) groups excluding carboxylic acids is 2. The van der Waals surface area contributed by atoms with Crippen LogP contribution in [-0.4, -0.2) is 83.4 Å². The molecular formula is C24H50N2O5. The molecule has 31 heavy (non-hydrogen) atoms. The minimum atomic E-state index is -0.574. The van der Waals surface area contributed by atoms with E-state index >= 15 is 0 Å². The second-order valence-corrected chi connectivity index (χ2v) is 9.94. The molecule has 2 N–H and O–H groups in total. The molecule has 0 bridgehead atoms. The molecule has 2 atom stereocenters. The minimum Gasteiger partial charge on any atom is -0.392 e. The summed E-state index contributed by atoms with van der Waals surface area (Å²) in [5.41, 5.74) is -0.539. The van der Waals surface area contributed by atoms with E-state index in [9.17, 15) is 19.8 Å². The lowest BCUT2D eigenvalue weighted by atomic mass is 9.92. The molecule has 0 saturated carbocycles. The summed E-state index contributed by atoms with van der Waals surface area (Å²) in [6, 6.07) is 0. The van der Waals surface area contributed by atoms with Crippen molar-refractivity contribution >= 4 is 11.8 Å². The number of rotatable bonds is 14. The zero-order chi connectivity index (χ0) is 24.8. The quantitative estimate of drug-likeness (QED) is 0.427. The topological polar surface area (TPSA) is 90.3 Å². The van der Waals surface area contributed by atoms with Crippen molar-refractivity contribution in [1.29, 1.82) is 0 Å². The van der Waals surface area contributed by atoms with Gasteiger partial charge in [0.05, 0.1) is 25.4 Å². The molecule has 0 fully saturated rings. The van der Waals surface area contributed by atoms with E-state index in [0.717, 1.165) is 6.42 Å². The average molecular weight is 447 g/mol. The third-order valence-corrected chi connectivity index (χ3v) is 4.45. The Morgan fingerprint density at radius 2 is 1.26 bits per heavy atom. The molecule has 2 amide bonds. The SMILES string of the molecule is CC.CCCC(=O)N(CC(C)O)CC(C)(C)COCC(C)(C)CN(CC(C)O)C(C)=O. The van der Waals surface area contributed by atoms with Crippen LogP contribution in [0.15, 0.2) is 0 Å². The van der Waals surface area contributed by atoms with Gasteiger partial charge in [0.15, 0.2) is 0 Å². The number of nitrogens with zero attached hydrogens (tertiary/aromatic N) is 2. The van der Waals surface area contributed by atoms with Crippen LogP contribution in [0.4, 0.5) is 0 Å². The van der Waals surface area contributed by atoms with Crippen molar-refractivity contribution in [2.75, 3.05) is 39.4 Å². The molecule has 0 aliphatic carbocycles. The van der Waals surface area contributed by atoms with E-state index in [2.05, 4.69) is 0 Å². The number of carbonyl (C=O) groups is 2. The van der Waals surface area contributed by atoms with Crippen molar-refractivity contribution in [1.82, 2.24) is 9.80 Å². The van der Waals surface area contributed by atoms with E-state index in [1.807, 2.05) is 48.5 Å². The number of hydrogen-bond acceptors (Lipinski definition) is 5. The fraction of sp³-hybridized carbons (Fsp3) is 0.917. The molecule has 7 heteroatoms. The zero-order valence-corrected chi connectivity index (χ0v) is 21.8. The maximum absolute atomic E-state index is 12.4. The van der Waals surface area contributed by atoms with Crippen LogP contribution in [0.2, 0.25) is 0 Å². The van der Waals surface area contributed by atoms with Gasteiger partial charge >= 0.3 is 0 Å². The fourth-order valence-corrected chi connectivity index (χ4v) is 3.30. The Bertz CT molecular complexity index is 504. The van der Waals surface area contributed by atoms with Gasteiger partial charge < -0.3 is 24.7 Å². The first-order valence-corrected chi connectivity index (χ1v) is 11.7. The number of hydrogen-bond donors (Lipinski definition) is 2. The summed E-state index contributed by atoms with van der Waals surface area (Å²) >= 11 is 0. The third-order valence-electron chi connectivity index (χ3n) is 4.45. The molecule has 0 radical (unpaired) electrons. The van der Waals surface area contributed by atoms with Crippen molar-refractivity contribution in [3.05, 3.63) is 0 Å². The van der Waals surface area contributed by atoms with Crippen LogP contribution < -0.4 is 0 Å². The van der Waals surface area contributed by atoms with Gasteiger partial charge in [-0.25, -0.2) is 0 Å². The summed E-state index contributed by atoms with van der Waals surface area (Å²) in [5, 5.41) is 19.3. The first-order valence-electron chi connectivity index (χ1n) is 11.7. The van der Waals surface area contributed by atoms with E-state index in [0.29, 0.717) is 45.8 Å². The average Bonchev–Trinajstić information content (AvgIpc) is 2.60. The maximum atomic E-state index is 12.4. The highest BCUT2D eigenvalue weighted by atomic mass is 16.5. The van der Waals surface area contributed by atoms with Gasteiger partial charge in [-0.1, -0.05) is 48.5 Å². The first kappa shape index (κ1) is 32.0. The normalized spacial score (nSPS) is 13.7. The Morgan fingerprint density at radius 3 is 1.61 bits per heavy atom. The largest absolute Gasteiger partial charge is 0.392 e. The highest BCUT2D eigenvalue weighted by Gasteiger charge is 2.29. The molecule has 0 aliphatic rings. The van der Waals surface area contributed by atoms with Crippen molar-refractivity contribution in [3.8, 4) is 0 Å². The van der Waals surface area contributed by atoms with Crippen molar-refractivity contribution in [2.24, 2.45) is 10.8 Å². The molecule has 186 valence electrons. The highest BCUT2D eigenvalue weighted by Crippen LogP contribution is 2.23. The summed E-state index contributed by atoms with van der Waals surface area (Å²) in [4.78, 5) is 27.6. The van der Waals surface area contributed by atoms with E-state index in [4.69, 9.17) is 4.74 Å². The van der Waals surface area contributed by atoms with Gasteiger partial charge in [-0.15, -0.1) is 0 Å². The van der Waals surface area contributed by atoms with Crippen LogP contribution in [0.3, 0.4) is 0 Å². The number of aliphatic hydroxyl groups excluding tert-OH is 2. The smallest absolute Gasteiger partial charge is 0.222 e. The molecule has 0 spiro atoms. The highest BCUT2D eigenvalue weighted by molar-refractivity contribution is 5.76. The lowest BCUT2D eigenvalue weighted by Gasteiger charge is -2.36. The van der Waals surface area contributed by atoms with E-state index < -0.39 is 12.2 Å².